The molecule has 7 nitrogen and oxygen atoms in total. The molecule has 3 rings (SSSR count). The summed E-state index contributed by atoms with van der Waals surface area (Å²) < 4.78 is 0. The molecule has 0 amide bonds. The fourth-order valence-electron chi connectivity index (χ4n) is 3.09. The number of nitrogens with two attached hydrogens (primary N) is 1. The van der Waals surface area contributed by atoms with Crippen LogP contribution in [-0.2, 0) is 5.41 Å². The molecule has 0 unspecified atom stereocenters. The molecule has 0 saturated heterocycles. The van der Waals surface area contributed by atoms with Gasteiger partial charge in [0.15, 0.2) is 5.82 Å². The molecule has 2 aromatic rings. The van der Waals surface area contributed by atoms with Crippen molar-refractivity contribution in [2.24, 2.45) is 5.73 Å². The highest BCUT2D eigenvalue weighted by molar-refractivity contribution is 5.59. The molecule has 1 aliphatic carbocycles. The molecular weight excluding hydrogens is 326 g/mol. The lowest BCUT2D eigenvalue weighted by Gasteiger charge is -2.29. The lowest BCUT2D eigenvalue weighted by atomic mass is 9.91. The van der Waals surface area contributed by atoms with Crippen LogP contribution < -0.4 is 16.4 Å². The third kappa shape index (κ3) is 4.27. The first-order valence-electron chi connectivity index (χ1n) is 8.98. The lowest BCUT2D eigenvalue weighted by Crippen LogP contribution is -2.42. The zero-order chi connectivity index (χ0) is 18.6. The average Bonchev–Trinajstić information content (AvgIpc) is 2.64. The summed E-state index contributed by atoms with van der Waals surface area (Å²) in [6.07, 6.45) is 6.10. The molecule has 26 heavy (non-hydrogen) atoms. The molecule has 1 fully saturated rings. The molecule has 0 spiro atoms. The van der Waals surface area contributed by atoms with Crippen molar-refractivity contribution in [1.82, 2.24) is 15.2 Å². The van der Waals surface area contributed by atoms with Crippen molar-refractivity contribution in [2.45, 2.75) is 57.0 Å². The highest BCUT2D eigenvalue weighted by atomic mass is 15.2. The summed E-state index contributed by atoms with van der Waals surface area (Å²) in [6, 6.07) is 10.2. The number of pyridine rings is 1. The summed E-state index contributed by atoms with van der Waals surface area (Å²) in [4.78, 5) is 4.55. The number of aromatic nitrogens is 3. The third-order valence-corrected chi connectivity index (χ3v) is 4.75. The van der Waals surface area contributed by atoms with E-state index >= 15 is 0 Å². The predicted octanol–water partition coefficient (Wildman–Crippen LogP) is 3.10. The van der Waals surface area contributed by atoms with Gasteiger partial charge in [0.25, 0.3) is 0 Å². The molecule has 0 aliphatic heterocycles. The molecule has 1 saturated carbocycles. The highest BCUT2D eigenvalue weighted by Gasteiger charge is 2.23. The summed E-state index contributed by atoms with van der Waals surface area (Å²) in [5, 5.41) is 24.2. The van der Waals surface area contributed by atoms with E-state index in [2.05, 4.69) is 31.9 Å². The lowest BCUT2D eigenvalue weighted by molar-refractivity contribution is 0.403. The van der Waals surface area contributed by atoms with E-state index in [9.17, 15) is 5.26 Å². The molecule has 1 aliphatic rings. The van der Waals surface area contributed by atoms with Crippen molar-refractivity contribution in [3.63, 3.8) is 0 Å². The molecule has 0 aromatic carbocycles. The molecule has 7 heteroatoms. The minimum Gasteiger partial charge on any atom is -0.364 e. The van der Waals surface area contributed by atoms with Crippen LogP contribution in [0.25, 0.3) is 0 Å². The first kappa shape index (κ1) is 18.1. The second-order valence-corrected chi connectivity index (χ2v) is 7.30. The zero-order valence-electron chi connectivity index (χ0n) is 15.2. The number of nitriles is 1. The molecule has 0 radical (unpaired) electrons. The first-order valence-corrected chi connectivity index (χ1v) is 8.98. The Labute approximate surface area is 154 Å². The highest BCUT2D eigenvalue weighted by Crippen LogP contribution is 2.24. The van der Waals surface area contributed by atoms with E-state index in [0.717, 1.165) is 24.2 Å². The standard InChI is InChI=1S/C19H25N7/c1-19(2,12-20)16-8-5-9-17(25-16)23-13-10-18(26-22-11-13)24-15-7-4-3-6-14(15)21/h5,8-11,14-15H,3-4,6-7,21H2,1-2H3,(H2,23,24,25,26)/t14-,15+/m0/s1. The van der Waals surface area contributed by atoms with E-state index < -0.39 is 5.41 Å². The van der Waals surface area contributed by atoms with Crippen molar-refractivity contribution in [2.75, 3.05) is 10.6 Å². The summed E-state index contributed by atoms with van der Waals surface area (Å²) >= 11 is 0. The van der Waals surface area contributed by atoms with Gasteiger partial charge in [-0.15, -0.1) is 5.10 Å². The van der Waals surface area contributed by atoms with E-state index in [4.69, 9.17) is 5.73 Å². The maximum absolute atomic E-state index is 9.29. The van der Waals surface area contributed by atoms with Gasteiger partial charge in [-0.3, -0.25) is 0 Å². The van der Waals surface area contributed by atoms with Crippen LogP contribution in [0.1, 0.15) is 45.2 Å². The topological polar surface area (TPSA) is 113 Å². The largest absolute Gasteiger partial charge is 0.364 e. The Kier molecular flexibility index (Phi) is 5.33. The van der Waals surface area contributed by atoms with Gasteiger partial charge >= 0.3 is 0 Å². The number of anilines is 3. The zero-order valence-corrected chi connectivity index (χ0v) is 15.2. The van der Waals surface area contributed by atoms with Crippen LogP contribution in [0, 0.1) is 11.3 Å². The maximum atomic E-state index is 9.29. The normalized spacial score (nSPS) is 20.2. The fourth-order valence-corrected chi connectivity index (χ4v) is 3.09. The Hall–Kier alpha value is -2.72. The van der Waals surface area contributed by atoms with Crippen LogP contribution in [0.15, 0.2) is 30.5 Å². The van der Waals surface area contributed by atoms with Gasteiger partial charge in [-0.1, -0.05) is 18.9 Å². The second kappa shape index (κ2) is 7.67. The molecule has 0 bridgehead atoms. The minimum absolute atomic E-state index is 0.147. The van der Waals surface area contributed by atoms with Gasteiger partial charge in [0.1, 0.15) is 5.82 Å². The second-order valence-electron chi connectivity index (χ2n) is 7.30. The van der Waals surface area contributed by atoms with Gasteiger partial charge < -0.3 is 16.4 Å². The Bertz CT molecular complexity index is 796. The maximum Gasteiger partial charge on any atom is 0.150 e. The smallest absolute Gasteiger partial charge is 0.150 e. The Morgan fingerprint density at radius 2 is 2.04 bits per heavy atom. The van der Waals surface area contributed by atoms with Gasteiger partial charge in [-0.2, -0.15) is 10.4 Å². The summed E-state index contributed by atoms with van der Waals surface area (Å²) in [7, 11) is 0. The quantitative estimate of drug-likeness (QED) is 0.758. The third-order valence-electron chi connectivity index (χ3n) is 4.75. The summed E-state index contributed by atoms with van der Waals surface area (Å²) in [6.45, 7) is 3.70. The van der Waals surface area contributed by atoms with Crippen LogP contribution in [0.2, 0.25) is 0 Å². The Balaban J connectivity index is 1.73. The monoisotopic (exact) mass is 351 g/mol. The van der Waals surface area contributed by atoms with Crippen molar-refractivity contribution < 1.29 is 0 Å². The van der Waals surface area contributed by atoms with Crippen LogP contribution >= 0.6 is 0 Å². The average molecular weight is 351 g/mol. The fraction of sp³-hybridized carbons (Fsp3) is 0.474. The first-order chi connectivity index (χ1) is 12.5. The van der Waals surface area contributed by atoms with Crippen molar-refractivity contribution >= 4 is 17.3 Å². The van der Waals surface area contributed by atoms with Crippen LogP contribution in [-0.4, -0.2) is 27.3 Å². The van der Waals surface area contributed by atoms with Gasteiger partial charge in [0, 0.05) is 18.2 Å². The van der Waals surface area contributed by atoms with Crippen LogP contribution in [0.5, 0.6) is 0 Å². The van der Waals surface area contributed by atoms with Crippen molar-refractivity contribution in [3.8, 4) is 6.07 Å². The number of nitrogens with zero attached hydrogens (tertiary/aromatic N) is 4. The van der Waals surface area contributed by atoms with Crippen LogP contribution in [0.4, 0.5) is 17.3 Å². The molecule has 136 valence electrons. The Morgan fingerprint density at radius 1 is 1.23 bits per heavy atom. The van der Waals surface area contributed by atoms with Crippen molar-refractivity contribution in [3.05, 3.63) is 36.2 Å². The number of nitrogens with one attached hydrogen (secondary N) is 2. The number of rotatable bonds is 5. The minimum atomic E-state index is -0.641. The van der Waals surface area contributed by atoms with E-state index in [0.29, 0.717) is 11.6 Å². The predicted molar refractivity (Wildman–Crippen MR) is 102 cm³/mol. The number of hydrogen-bond acceptors (Lipinski definition) is 7. The summed E-state index contributed by atoms with van der Waals surface area (Å²) in [5.41, 5.74) is 7.06. The molecule has 4 N–H and O–H groups in total. The van der Waals surface area contributed by atoms with E-state index in [1.54, 1.807) is 6.20 Å². The van der Waals surface area contributed by atoms with Gasteiger partial charge in [-0.05, 0) is 38.8 Å². The molecular formula is C19H25N7. The van der Waals surface area contributed by atoms with E-state index in [-0.39, 0.29) is 12.1 Å². The van der Waals surface area contributed by atoms with Gasteiger partial charge in [0.05, 0.1) is 29.1 Å². The number of hydrogen-bond donors (Lipinski definition) is 3. The van der Waals surface area contributed by atoms with Crippen molar-refractivity contribution in [1.29, 1.82) is 5.26 Å². The Morgan fingerprint density at radius 3 is 2.81 bits per heavy atom. The van der Waals surface area contributed by atoms with Gasteiger partial charge in [0.2, 0.25) is 0 Å². The molecule has 2 atom stereocenters. The SMILES string of the molecule is CC(C)(C#N)c1cccc(Nc2cnnc(N[C@@H]3CCCC[C@@H]3N)c2)n1. The van der Waals surface area contributed by atoms with Gasteiger partial charge in [-0.25, -0.2) is 4.98 Å². The summed E-state index contributed by atoms with van der Waals surface area (Å²) in [5.74, 6) is 1.37. The molecule has 2 heterocycles. The molecule has 2 aromatic heterocycles. The van der Waals surface area contributed by atoms with E-state index in [1.165, 1.54) is 12.8 Å². The van der Waals surface area contributed by atoms with Crippen LogP contribution in [0.3, 0.4) is 0 Å². The van der Waals surface area contributed by atoms with E-state index in [1.807, 2.05) is 38.1 Å².